The van der Waals surface area contributed by atoms with Gasteiger partial charge in [0.25, 0.3) is 0 Å². The number of benzene rings is 9. The maximum atomic E-state index is 2.38. The summed E-state index contributed by atoms with van der Waals surface area (Å²) in [6.45, 7) is 7.01. The molecule has 59 heavy (non-hydrogen) atoms. The van der Waals surface area contributed by atoms with Crippen LogP contribution in [0.4, 0.5) is 0 Å². The summed E-state index contributed by atoms with van der Waals surface area (Å²) in [5.41, 5.74) is 21.0. The maximum Gasteiger partial charge on any atom is 0.0244 e. The van der Waals surface area contributed by atoms with Gasteiger partial charge in [0.05, 0.1) is 0 Å². The van der Waals surface area contributed by atoms with Crippen molar-refractivity contribution in [3.8, 4) is 77.9 Å². The van der Waals surface area contributed by atoms with Crippen molar-refractivity contribution in [1.82, 2.24) is 0 Å². The van der Waals surface area contributed by atoms with E-state index in [1.54, 1.807) is 0 Å². The number of aryl methyl sites for hydroxylation is 1. The van der Waals surface area contributed by atoms with E-state index in [-0.39, 0.29) is 5.41 Å². The van der Waals surface area contributed by atoms with Crippen LogP contribution in [0.5, 0.6) is 0 Å². The molecular formula is C58H44S. The molecule has 0 bridgehead atoms. The molecule has 0 spiro atoms. The zero-order valence-electron chi connectivity index (χ0n) is 33.6. The Kier molecular flexibility index (Phi) is 9.48. The van der Waals surface area contributed by atoms with Crippen molar-refractivity contribution in [3.05, 3.63) is 229 Å². The van der Waals surface area contributed by atoms with Gasteiger partial charge in [0.15, 0.2) is 0 Å². The van der Waals surface area contributed by atoms with Crippen molar-refractivity contribution in [3.63, 3.8) is 0 Å². The van der Waals surface area contributed by atoms with Gasteiger partial charge in [-0.25, -0.2) is 0 Å². The van der Waals surface area contributed by atoms with Crippen LogP contribution < -0.4 is 0 Å². The summed E-state index contributed by atoms with van der Waals surface area (Å²) in [5, 5.41) is 0. The molecule has 10 rings (SSSR count). The summed E-state index contributed by atoms with van der Waals surface area (Å²) in [6.07, 6.45) is 0. The van der Waals surface area contributed by atoms with Gasteiger partial charge in [0, 0.05) is 15.2 Å². The molecule has 0 radical (unpaired) electrons. The Morgan fingerprint density at radius 2 is 0.593 bits per heavy atom. The van der Waals surface area contributed by atoms with Gasteiger partial charge in [-0.2, -0.15) is 0 Å². The van der Waals surface area contributed by atoms with E-state index in [1.807, 2.05) is 11.8 Å². The van der Waals surface area contributed by atoms with Crippen LogP contribution in [0.15, 0.2) is 222 Å². The first-order chi connectivity index (χ1) is 29.0. The van der Waals surface area contributed by atoms with E-state index < -0.39 is 0 Å². The first-order valence-electron chi connectivity index (χ1n) is 20.5. The van der Waals surface area contributed by atoms with Crippen molar-refractivity contribution in [2.24, 2.45) is 0 Å². The van der Waals surface area contributed by atoms with Crippen LogP contribution in [0.2, 0.25) is 0 Å². The second-order valence-corrected chi connectivity index (χ2v) is 17.1. The third-order valence-electron chi connectivity index (χ3n) is 12.1. The van der Waals surface area contributed by atoms with Crippen molar-refractivity contribution in [2.75, 3.05) is 0 Å². The van der Waals surface area contributed by atoms with Crippen LogP contribution in [-0.4, -0.2) is 0 Å². The molecule has 9 aromatic carbocycles. The lowest BCUT2D eigenvalue weighted by Gasteiger charge is -2.36. The molecule has 0 aliphatic carbocycles. The summed E-state index contributed by atoms with van der Waals surface area (Å²) >= 11 is 1.92. The van der Waals surface area contributed by atoms with E-state index in [0.29, 0.717) is 0 Å². The fraction of sp³-hybridized carbons (Fsp3) is 0.0690. The highest BCUT2D eigenvalue weighted by atomic mass is 32.2. The Hall–Kier alpha value is -6.67. The van der Waals surface area contributed by atoms with Gasteiger partial charge in [0.1, 0.15) is 0 Å². The number of hydrogen-bond donors (Lipinski definition) is 0. The van der Waals surface area contributed by atoms with Gasteiger partial charge in [-0.1, -0.05) is 232 Å². The van der Waals surface area contributed by atoms with E-state index in [4.69, 9.17) is 0 Å². The number of rotatable bonds is 7. The lowest BCUT2D eigenvalue weighted by atomic mass is 9.74. The van der Waals surface area contributed by atoms with Crippen LogP contribution in [0.3, 0.4) is 0 Å². The van der Waals surface area contributed by atoms with Crippen LogP contribution in [0.25, 0.3) is 77.9 Å². The number of fused-ring (bicyclic) bond motifs is 2. The molecule has 0 fully saturated rings. The third-order valence-corrected chi connectivity index (χ3v) is 13.3. The quantitative estimate of drug-likeness (QED) is 0.155. The minimum Gasteiger partial charge on any atom is -0.0888 e. The Balaban J connectivity index is 1.32. The minimum absolute atomic E-state index is 0.100. The first-order valence-corrected chi connectivity index (χ1v) is 21.3. The Morgan fingerprint density at radius 1 is 0.288 bits per heavy atom. The predicted octanol–water partition coefficient (Wildman–Crippen LogP) is 16.5. The van der Waals surface area contributed by atoms with Crippen molar-refractivity contribution >= 4 is 11.8 Å². The summed E-state index contributed by atoms with van der Waals surface area (Å²) in [7, 11) is 0. The van der Waals surface area contributed by atoms with E-state index in [0.717, 1.165) is 0 Å². The van der Waals surface area contributed by atoms with E-state index in [9.17, 15) is 0 Å². The standard InChI is InChI=1S/C58H44S/c1-39-33-38-48-57(59-49-32-20-19-31-47(49)58(48,2)3)50(39)45-34-36-46(37-35-45)56-54(43-27-15-7-16-28-43)52(41-23-11-5-12-24-41)51(40-21-9-4-10-22-40)53(42-25-13-6-14-26-42)55(56)44-29-17-8-18-30-44/h4-38H,1-3H3. The van der Waals surface area contributed by atoms with Crippen LogP contribution in [0.1, 0.15) is 30.5 Å². The van der Waals surface area contributed by atoms with Crippen LogP contribution in [-0.2, 0) is 5.41 Å². The minimum atomic E-state index is -0.100. The van der Waals surface area contributed by atoms with Crippen LogP contribution in [0, 0.1) is 6.92 Å². The SMILES string of the molecule is Cc1ccc2c(c1-c1ccc(-c3c(-c4ccccc4)c(-c4ccccc4)c(-c4ccccc4)c(-c4ccccc4)c3-c3ccccc3)cc1)Sc1ccccc1C2(C)C. The van der Waals surface area contributed by atoms with Gasteiger partial charge in [-0.05, 0) is 108 Å². The highest BCUT2D eigenvalue weighted by molar-refractivity contribution is 7.99. The average molecular weight is 773 g/mol. The molecule has 1 aliphatic heterocycles. The zero-order chi connectivity index (χ0) is 39.9. The third kappa shape index (κ3) is 6.43. The molecule has 0 atom stereocenters. The summed E-state index contributed by atoms with van der Waals surface area (Å²) in [6, 6.07) is 78.1. The average Bonchev–Trinajstić information content (AvgIpc) is 3.29. The predicted molar refractivity (Wildman–Crippen MR) is 252 cm³/mol. The van der Waals surface area contributed by atoms with Gasteiger partial charge >= 0.3 is 0 Å². The Morgan fingerprint density at radius 3 is 0.966 bits per heavy atom. The number of hydrogen-bond acceptors (Lipinski definition) is 1. The molecule has 0 unspecified atom stereocenters. The fourth-order valence-electron chi connectivity index (χ4n) is 9.27. The molecular weight excluding hydrogens is 729 g/mol. The Bertz CT molecular complexity index is 2830. The molecule has 0 saturated heterocycles. The van der Waals surface area contributed by atoms with E-state index in [1.165, 1.54) is 104 Å². The van der Waals surface area contributed by atoms with Crippen molar-refractivity contribution in [1.29, 1.82) is 0 Å². The normalized spacial score (nSPS) is 12.7. The van der Waals surface area contributed by atoms with E-state index in [2.05, 4.69) is 233 Å². The topological polar surface area (TPSA) is 0 Å². The van der Waals surface area contributed by atoms with Crippen LogP contribution >= 0.6 is 11.8 Å². The van der Waals surface area contributed by atoms with Gasteiger partial charge in [-0.3, -0.25) is 0 Å². The largest absolute Gasteiger partial charge is 0.0888 e. The highest BCUT2D eigenvalue weighted by Gasteiger charge is 2.35. The molecule has 0 saturated carbocycles. The maximum absolute atomic E-state index is 2.38. The van der Waals surface area contributed by atoms with E-state index >= 15 is 0 Å². The Labute approximate surface area is 352 Å². The molecule has 0 aromatic heterocycles. The van der Waals surface area contributed by atoms with Gasteiger partial charge < -0.3 is 0 Å². The second-order valence-electron chi connectivity index (χ2n) is 16.0. The lowest BCUT2D eigenvalue weighted by Crippen LogP contribution is -2.24. The smallest absolute Gasteiger partial charge is 0.0244 e. The molecule has 0 nitrogen and oxygen atoms in total. The summed E-state index contributed by atoms with van der Waals surface area (Å²) < 4.78 is 0. The summed E-state index contributed by atoms with van der Waals surface area (Å²) in [5.74, 6) is 0. The molecule has 1 heterocycles. The monoisotopic (exact) mass is 772 g/mol. The highest BCUT2D eigenvalue weighted by Crippen LogP contribution is 2.57. The van der Waals surface area contributed by atoms with Crippen molar-refractivity contribution < 1.29 is 0 Å². The summed E-state index contributed by atoms with van der Waals surface area (Å²) in [4.78, 5) is 2.70. The molecule has 9 aromatic rings. The molecule has 0 amide bonds. The van der Waals surface area contributed by atoms with Gasteiger partial charge in [0.2, 0.25) is 0 Å². The molecule has 1 aliphatic rings. The second kappa shape index (κ2) is 15.3. The first kappa shape index (κ1) is 36.7. The fourth-order valence-corrected chi connectivity index (χ4v) is 10.9. The molecule has 1 heteroatoms. The van der Waals surface area contributed by atoms with Crippen molar-refractivity contribution in [2.45, 2.75) is 36.0 Å². The lowest BCUT2D eigenvalue weighted by molar-refractivity contribution is 0.607. The molecule has 282 valence electrons. The zero-order valence-corrected chi connectivity index (χ0v) is 34.4. The molecule has 0 N–H and O–H groups in total. The van der Waals surface area contributed by atoms with Gasteiger partial charge in [-0.15, -0.1) is 0 Å².